The number of nitrogens with zero attached hydrogens (tertiary/aromatic N) is 5. The summed E-state index contributed by atoms with van der Waals surface area (Å²) in [5, 5.41) is 12.2. The number of nitrogens with two attached hydrogens (primary N) is 1. The van der Waals surface area contributed by atoms with Gasteiger partial charge in [0.05, 0.1) is 6.54 Å². The first kappa shape index (κ1) is 14.1. The molecule has 2 N–H and O–H groups in total. The third-order valence-electron chi connectivity index (χ3n) is 3.75. The molecule has 24 heavy (non-hydrogen) atoms. The first-order valence-corrected chi connectivity index (χ1v) is 7.43. The number of rotatable bonds is 3. The SMILES string of the molecule is Nc1cccc(Cn2c(=O)c(-c3ccccc3)nn3cnnc23)c1. The van der Waals surface area contributed by atoms with Gasteiger partial charge >= 0.3 is 0 Å². The minimum Gasteiger partial charge on any atom is -0.399 e. The van der Waals surface area contributed by atoms with Crippen molar-refractivity contribution in [3.63, 3.8) is 0 Å². The minimum atomic E-state index is -0.218. The number of fused-ring (bicyclic) bond motifs is 1. The van der Waals surface area contributed by atoms with Gasteiger partial charge in [0.25, 0.3) is 11.3 Å². The molecule has 0 bridgehead atoms. The molecule has 0 radical (unpaired) electrons. The van der Waals surface area contributed by atoms with E-state index in [0.717, 1.165) is 11.1 Å². The topological polar surface area (TPSA) is 91.1 Å². The zero-order valence-corrected chi connectivity index (χ0v) is 12.7. The van der Waals surface area contributed by atoms with Crippen LogP contribution >= 0.6 is 0 Å². The molecule has 7 nitrogen and oxygen atoms in total. The molecule has 0 fully saturated rings. The van der Waals surface area contributed by atoms with Crippen LogP contribution in [-0.4, -0.2) is 24.4 Å². The van der Waals surface area contributed by atoms with E-state index in [-0.39, 0.29) is 5.56 Å². The summed E-state index contributed by atoms with van der Waals surface area (Å²) in [6, 6.07) is 16.8. The van der Waals surface area contributed by atoms with Crippen LogP contribution in [0.25, 0.3) is 17.0 Å². The predicted molar refractivity (Wildman–Crippen MR) is 90.4 cm³/mol. The standard InChI is InChI=1S/C17H14N6O/c18-14-8-4-5-12(9-14)10-22-16(24)15(13-6-2-1-3-7-13)21-23-11-19-20-17(22)23/h1-9,11H,10,18H2. The van der Waals surface area contributed by atoms with E-state index in [1.54, 1.807) is 10.6 Å². The molecule has 2 aromatic carbocycles. The fourth-order valence-electron chi connectivity index (χ4n) is 2.63. The van der Waals surface area contributed by atoms with E-state index in [2.05, 4.69) is 15.3 Å². The Morgan fingerprint density at radius 2 is 1.88 bits per heavy atom. The van der Waals surface area contributed by atoms with Crippen LogP contribution in [0.4, 0.5) is 5.69 Å². The summed E-state index contributed by atoms with van der Waals surface area (Å²) in [5.74, 6) is 0.391. The van der Waals surface area contributed by atoms with Gasteiger partial charge in [-0.2, -0.15) is 9.61 Å². The zero-order chi connectivity index (χ0) is 16.5. The van der Waals surface area contributed by atoms with Gasteiger partial charge in [0.15, 0.2) is 5.69 Å². The van der Waals surface area contributed by atoms with Crippen LogP contribution in [0.15, 0.2) is 65.7 Å². The second-order valence-corrected chi connectivity index (χ2v) is 5.43. The molecule has 0 saturated heterocycles. The number of benzene rings is 2. The lowest BCUT2D eigenvalue weighted by molar-refractivity contribution is 0.722. The lowest BCUT2D eigenvalue weighted by Gasteiger charge is -2.10. The molecule has 2 heterocycles. The van der Waals surface area contributed by atoms with Gasteiger partial charge in [-0.15, -0.1) is 10.2 Å². The summed E-state index contributed by atoms with van der Waals surface area (Å²) in [6.07, 6.45) is 1.48. The summed E-state index contributed by atoms with van der Waals surface area (Å²) < 4.78 is 3.06. The van der Waals surface area contributed by atoms with E-state index in [4.69, 9.17) is 5.73 Å². The van der Waals surface area contributed by atoms with Crippen molar-refractivity contribution in [2.75, 3.05) is 5.73 Å². The van der Waals surface area contributed by atoms with Crippen LogP contribution in [0.3, 0.4) is 0 Å². The smallest absolute Gasteiger partial charge is 0.282 e. The number of hydrogen-bond acceptors (Lipinski definition) is 5. The summed E-state index contributed by atoms with van der Waals surface area (Å²) >= 11 is 0. The van der Waals surface area contributed by atoms with Crippen molar-refractivity contribution < 1.29 is 0 Å². The van der Waals surface area contributed by atoms with E-state index in [1.807, 2.05) is 48.5 Å². The van der Waals surface area contributed by atoms with E-state index in [1.165, 1.54) is 10.8 Å². The van der Waals surface area contributed by atoms with Crippen molar-refractivity contribution in [1.82, 2.24) is 24.4 Å². The first-order chi connectivity index (χ1) is 11.7. The first-order valence-electron chi connectivity index (χ1n) is 7.43. The predicted octanol–water partition coefficient (Wildman–Crippen LogP) is 1.58. The Bertz CT molecular complexity index is 1070. The molecule has 4 rings (SSSR count). The van der Waals surface area contributed by atoms with Gasteiger partial charge in [0.1, 0.15) is 6.33 Å². The van der Waals surface area contributed by atoms with Gasteiger partial charge in [-0.3, -0.25) is 9.36 Å². The summed E-state index contributed by atoms with van der Waals surface area (Å²) in [4.78, 5) is 13.0. The van der Waals surface area contributed by atoms with Crippen molar-refractivity contribution in [3.8, 4) is 11.3 Å². The largest absolute Gasteiger partial charge is 0.399 e. The number of nitrogen functional groups attached to an aromatic ring is 1. The highest BCUT2D eigenvalue weighted by atomic mass is 16.1. The molecular weight excluding hydrogens is 304 g/mol. The van der Waals surface area contributed by atoms with E-state index < -0.39 is 0 Å². The molecule has 118 valence electrons. The van der Waals surface area contributed by atoms with Crippen LogP contribution in [0.1, 0.15) is 5.56 Å². The molecular formula is C17H14N6O. The highest BCUT2D eigenvalue weighted by molar-refractivity contribution is 5.58. The van der Waals surface area contributed by atoms with Crippen molar-refractivity contribution in [3.05, 3.63) is 76.8 Å². The molecule has 0 spiro atoms. The molecule has 0 unspecified atom stereocenters. The van der Waals surface area contributed by atoms with Gasteiger partial charge in [-0.05, 0) is 17.7 Å². The van der Waals surface area contributed by atoms with Crippen LogP contribution in [-0.2, 0) is 6.54 Å². The Balaban J connectivity index is 1.92. The highest BCUT2D eigenvalue weighted by Gasteiger charge is 2.14. The maximum absolute atomic E-state index is 13.0. The Labute approximate surface area is 137 Å². The van der Waals surface area contributed by atoms with Gasteiger partial charge < -0.3 is 5.73 Å². The summed E-state index contributed by atoms with van der Waals surface area (Å²) in [7, 11) is 0. The van der Waals surface area contributed by atoms with Crippen molar-refractivity contribution in [2.24, 2.45) is 0 Å². The number of hydrogen-bond donors (Lipinski definition) is 1. The van der Waals surface area contributed by atoms with E-state index >= 15 is 0 Å². The Morgan fingerprint density at radius 3 is 2.67 bits per heavy atom. The third-order valence-corrected chi connectivity index (χ3v) is 3.75. The Hall–Kier alpha value is -3.48. The fourth-order valence-corrected chi connectivity index (χ4v) is 2.63. The third kappa shape index (κ3) is 2.41. The molecule has 0 aliphatic rings. The molecule has 0 aliphatic heterocycles. The molecule has 4 aromatic rings. The molecule has 2 aromatic heterocycles. The molecule has 0 saturated carbocycles. The second kappa shape index (κ2) is 5.62. The van der Waals surface area contributed by atoms with Crippen LogP contribution in [0.5, 0.6) is 0 Å². The fraction of sp³-hybridized carbons (Fsp3) is 0.0588. The van der Waals surface area contributed by atoms with E-state index in [0.29, 0.717) is 23.7 Å². The average molecular weight is 318 g/mol. The Morgan fingerprint density at radius 1 is 1.04 bits per heavy atom. The zero-order valence-electron chi connectivity index (χ0n) is 12.7. The number of aromatic nitrogens is 5. The summed E-state index contributed by atoms with van der Waals surface area (Å²) in [5.41, 5.74) is 8.27. The molecule has 0 aliphatic carbocycles. The van der Waals surface area contributed by atoms with Crippen molar-refractivity contribution in [2.45, 2.75) is 6.54 Å². The molecule has 0 amide bonds. The molecule has 7 heteroatoms. The highest BCUT2D eigenvalue weighted by Crippen LogP contribution is 2.14. The van der Waals surface area contributed by atoms with Crippen molar-refractivity contribution in [1.29, 1.82) is 0 Å². The summed E-state index contributed by atoms with van der Waals surface area (Å²) in [6.45, 7) is 0.342. The Kier molecular flexibility index (Phi) is 3.31. The lowest BCUT2D eigenvalue weighted by atomic mass is 10.1. The average Bonchev–Trinajstić information content (AvgIpc) is 3.06. The normalized spacial score (nSPS) is 11.0. The van der Waals surface area contributed by atoms with Crippen LogP contribution < -0.4 is 11.3 Å². The van der Waals surface area contributed by atoms with Crippen molar-refractivity contribution >= 4 is 11.5 Å². The van der Waals surface area contributed by atoms with Gasteiger partial charge in [-0.1, -0.05) is 42.5 Å². The second-order valence-electron chi connectivity index (χ2n) is 5.43. The lowest BCUT2D eigenvalue weighted by Crippen LogP contribution is -2.26. The monoisotopic (exact) mass is 318 g/mol. The molecule has 0 atom stereocenters. The maximum atomic E-state index is 13.0. The van der Waals surface area contributed by atoms with Gasteiger partial charge in [0, 0.05) is 11.3 Å². The quantitative estimate of drug-likeness (QED) is 0.579. The number of anilines is 1. The van der Waals surface area contributed by atoms with Crippen LogP contribution in [0, 0.1) is 0 Å². The minimum absolute atomic E-state index is 0.218. The van der Waals surface area contributed by atoms with Gasteiger partial charge in [-0.25, -0.2) is 0 Å². The van der Waals surface area contributed by atoms with Crippen LogP contribution in [0.2, 0.25) is 0 Å². The van der Waals surface area contributed by atoms with E-state index in [9.17, 15) is 4.79 Å². The maximum Gasteiger partial charge on any atom is 0.282 e. The van der Waals surface area contributed by atoms with Gasteiger partial charge in [0.2, 0.25) is 0 Å².